The Morgan fingerprint density at radius 1 is 1.24 bits per heavy atom. The first kappa shape index (κ1) is 16.0. The van der Waals surface area contributed by atoms with Crippen molar-refractivity contribution in [3.8, 4) is 5.75 Å². The van der Waals surface area contributed by atoms with Crippen molar-refractivity contribution in [1.29, 1.82) is 0 Å². The smallest absolute Gasteiger partial charge is 0.261 e. The van der Waals surface area contributed by atoms with Crippen molar-refractivity contribution in [3.05, 3.63) is 30.5 Å². The van der Waals surface area contributed by atoms with Crippen LogP contribution in [0.2, 0.25) is 0 Å². The number of fused-ring (bicyclic) bond motifs is 1. The van der Waals surface area contributed by atoms with Crippen molar-refractivity contribution in [3.63, 3.8) is 0 Å². The second-order valence-electron chi connectivity index (χ2n) is 4.30. The number of hydrogen-bond donors (Lipinski definition) is 0. The number of aromatic nitrogens is 1. The van der Waals surface area contributed by atoms with Crippen molar-refractivity contribution in [2.24, 2.45) is 0 Å². The van der Waals surface area contributed by atoms with Crippen molar-refractivity contribution < 1.29 is 17.9 Å². The van der Waals surface area contributed by atoms with E-state index in [-0.39, 0.29) is 4.90 Å². The summed E-state index contributed by atoms with van der Waals surface area (Å²) >= 11 is 0. The van der Waals surface area contributed by atoms with Gasteiger partial charge in [-0.15, -0.1) is 0 Å². The fourth-order valence-electron chi connectivity index (χ4n) is 1.94. The predicted octanol–water partition coefficient (Wildman–Crippen LogP) is 2.97. The van der Waals surface area contributed by atoms with E-state index in [0.29, 0.717) is 36.5 Å². The summed E-state index contributed by atoms with van der Waals surface area (Å²) in [5.74, 6) is 0.533. The van der Waals surface area contributed by atoms with Crippen LogP contribution in [-0.4, -0.2) is 33.2 Å². The van der Waals surface area contributed by atoms with Crippen LogP contribution in [0.5, 0.6) is 5.75 Å². The lowest BCUT2D eigenvalue weighted by Gasteiger charge is -2.10. The first-order valence-electron chi connectivity index (χ1n) is 6.57. The largest absolute Gasteiger partial charge is 0.491 e. The molecule has 0 radical (unpaired) electrons. The molecule has 0 aliphatic carbocycles. The summed E-state index contributed by atoms with van der Waals surface area (Å²) in [4.78, 5) is 4.23. The normalized spacial score (nSPS) is 11.7. The highest BCUT2D eigenvalue weighted by molar-refractivity contribution is 8.14. The van der Waals surface area contributed by atoms with E-state index in [0.717, 1.165) is 6.42 Å². The molecule has 1 aromatic heterocycles. The maximum absolute atomic E-state index is 11.6. The number of rotatable bonds is 7. The topological polar surface area (TPSA) is 65.5 Å². The van der Waals surface area contributed by atoms with Crippen molar-refractivity contribution in [2.45, 2.75) is 18.2 Å². The zero-order valence-corrected chi connectivity index (χ0v) is 13.2. The van der Waals surface area contributed by atoms with Crippen LogP contribution < -0.4 is 4.74 Å². The molecule has 0 unspecified atom stereocenters. The van der Waals surface area contributed by atoms with Gasteiger partial charge in [-0.3, -0.25) is 4.98 Å². The van der Waals surface area contributed by atoms with Gasteiger partial charge < -0.3 is 9.47 Å². The van der Waals surface area contributed by atoms with Gasteiger partial charge in [0.05, 0.1) is 11.5 Å². The molecule has 0 fully saturated rings. The zero-order chi connectivity index (χ0) is 15.3. The molecule has 0 aliphatic rings. The van der Waals surface area contributed by atoms with E-state index >= 15 is 0 Å². The molecule has 0 N–H and O–H groups in total. The van der Waals surface area contributed by atoms with E-state index < -0.39 is 9.05 Å². The molecule has 1 aromatic carbocycles. The summed E-state index contributed by atoms with van der Waals surface area (Å²) in [6, 6.07) is 6.33. The van der Waals surface area contributed by atoms with Gasteiger partial charge in [-0.05, 0) is 31.2 Å². The molecule has 5 nitrogen and oxygen atoms in total. The van der Waals surface area contributed by atoms with E-state index in [1.165, 1.54) is 6.07 Å². The molecule has 2 aromatic rings. The Balaban J connectivity index is 2.26. The van der Waals surface area contributed by atoms with Crippen LogP contribution in [0.25, 0.3) is 10.9 Å². The Labute approximate surface area is 128 Å². The Bertz CT molecular complexity index is 718. The van der Waals surface area contributed by atoms with Gasteiger partial charge in [0.2, 0.25) is 0 Å². The first-order chi connectivity index (χ1) is 10.0. The molecule has 0 amide bonds. The number of ether oxygens (including phenoxy) is 2. The lowest BCUT2D eigenvalue weighted by atomic mass is 10.2. The average molecular weight is 330 g/mol. The third-order valence-electron chi connectivity index (χ3n) is 2.85. The van der Waals surface area contributed by atoms with Crippen LogP contribution in [0.3, 0.4) is 0 Å². The fraction of sp³-hybridized carbons (Fsp3) is 0.357. The molecule has 0 aliphatic heterocycles. The van der Waals surface area contributed by atoms with Crippen molar-refractivity contribution >= 4 is 30.6 Å². The molecule has 1 heterocycles. The molecule has 7 heteroatoms. The molecular weight excluding hydrogens is 314 g/mol. The SMILES string of the molecule is CCOCCCOc1ccc(S(=O)(=O)Cl)c2cccnc12. The molecule has 21 heavy (non-hydrogen) atoms. The quantitative estimate of drug-likeness (QED) is 0.577. The fourth-order valence-corrected chi connectivity index (χ4v) is 3.00. The monoisotopic (exact) mass is 329 g/mol. The minimum absolute atomic E-state index is 0.0360. The van der Waals surface area contributed by atoms with Crippen LogP contribution in [-0.2, 0) is 13.8 Å². The summed E-state index contributed by atoms with van der Waals surface area (Å²) in [6.07, 6.45) is 2.33. The Morgan fingerprint density at radius 2 is 2.05 bits per heavy atom. The van der Waals surface area contributed by atoms with E-state index in [2.05, 4.69) is 4.98 Å². The molecule has 0 saturated heterocycles. The molecule has 0 saturated carbocycles. The number of nitrogens with zero attached hydrogens (tertiary/aromatic N) is 1. The van der Waals surface area contributed by atoms with Crippen molar-refractivity contribution in [2.75, 3.05) is 19.8 Å². The Hall–Kier alpha value is -1.37. The van der Waals surface area contributed by atoms with Gasteiger partial charge in [0.15, 0.2) is 0 Å². The van der Waals surface area contributed by atoms with E-state index in [9.17, 15) is 8.42 Å². The molecule has 2 rings (SSSR count). The molecule has 114 valence electrons. The van der Waals surface area contributed by atoms with Gasteiger partial charge in [0.1, 0.15) is 11.3 Å². The highest BCUT2D eigenvalue weighted by Crippen LogP contribution is 2.31. The predicted molar refractivity (Wildman–Crippen MR) is 81.4 cm³/mol. The minimum Gasteiger partial charge on any atom is -0.491 e. The standard InChI is InChI=1S/C14H16ClNO4S/c1-2-19-9-4-10-20-12-6-7-13(21(15,17)18)11-5-3-8-16-14(11)12/h3,5-8H,2,4,9-10H2,1H3. The van der Waals surface area contributed by atoms with Gasteiger partial charge >= 0.3 is 0 Å². The molecule has 0 spiro atoms. The minimum atomic E-state index is -3.82. The average Bonchev–Trinajstić information content (AvgIpc) is 2.45. The Morgan fingerprint density at radius 3 is 2.76 bits per heavy atom. The number of pyridine rings is 1. The third-order valence-corrected chi connectivity index (χ3v) is 4.23. The van der Waals surface area contributed by atoms with E-state index in [4.69, 9.17) is 20.2 Å². The Kier molecular flexibility index (Phi) is 5.39. The number of halogens is 1. The molecule has 0 bridgehead atoms. The number of hydrogen-bond acceptors (Lipinski definition) is 5. The van der Waals surface area contributed by atoms with Crippen LogP contribution in [0.15, 0.2) is 35.4 Å². The second-order valence-corrected chi connectivity index (χ2v) is 6.83. The summed E-state index contributed by atoms with van der Waals surface area (Å²) in [5, 5.41) is 0.454. The van der Waals surface area contributed by atoms with Crippen LogP contribution in [0, 0.1) is 0 Å². The van der Waals surface area contributed by atoms with Crippen molar-refractivity contribution in [1.82, 2.24) is 4.98 Å². The second kappa shape index (κ2) is 7.06. The maximum atomic E-state index is 11.6. The summed E-state index contributed by atoms with van der Waals surface area (Å²) < 4.78 is 34.0. The highest BCUT2D eigenvalue weighted by Gasteiger charge is 2.17. The summed E-state index contributed by atoms with van der Waals surface area (Å²) in [7, 11) is 1.62. The van der Waals surface area contributed by atoms with E-state index in [1.54, 1.807) is 24.4 Å². The van der Waals surface area contributed by atoms with Gasteiger partial charge in [-0.25, -0.2) is 8.42 Å². The van der Waals surface area contributed by atoms with Gasteiger partial charge in [0, 0.05) is 41.9 Å². The summed E-state index contributed by atoms with van der Waals surface area (Å²) in [6.45, 7) is 3.70. The third kappa shape index (κ3) is 4.06. The van der Waals surface area contributed by atoms with Crippen LogP contribution in [0.4, 0.5) is 0 Å². The lowest BCUT2D eigenvalue weighted by Crippen LogP contribution is -2.04. The lowest BCUT2D eigenvalue weighted by molar-refractivity contribution is 0.131. The van der Waals surface area contributed by atoms with Gasteiger partial charge in [0.25, 0.3) is 9.05 Å². The van der Waals surface area contributed by atoms with Crippen LogP contribution in [0.1, 0.15) is 13.3 Å². The molecule has 0 atom stereocenters. The zero-order valence-electron chi connectivity index (χ0n) is 11.6. The highest BCUT2D eigenvalue weighted by atomic mass is 35.7. The maximum Gasteiger partial charge on any atom is 0.261 e. The summed E-state index contributed by atoms with van der Waals surface area (Å²) in [5.41, 5.74) is 0.482. The molecular formula is C14H16ClNO4S. The van der Waals surface area contributed by atoms with Crippen LogP contribution >= 0.6 is 10.7 Å². The van der Waals surface area contributed by atoms with Gasteiger partial charge in [-0.2, -0.15) is 0 Å². The van der Waals surface area contributed by atoms with E-state index in [1.807, 2.05) is 6.92 Å². The first-order valence-corrected chi connectivity index (χ1v) is 8.88. The number of benzene rings is 1. The van der Waals surface area contributed by atoms with Gasteiger partial charge in [-0.1, -0.05) is 0 Å².